The minimum atomic E-state index is -2.68. The number of nitrogens with one attached hydrogen (secondary N) is 3. The predicted molar refractivity (Wildman–Crippen MR) is 130 cm³/mol. The van der Waals surface area contributed by atoms with Crippen molar-refractivity contribution < 1.29 is 23.1 Å². The van der Waals surface area contributed by atoms with Crippen molar-refractivity contribution in [1.29, 1.82) is 0 Å². The molecule has 3 aliphatic rings. The van der Waals surface area contributed by atoms with Crippen molar-refractivity contribution in [1.82, 2.24) is 25.8 Å². The molecule has 0 aliphatic carbocycles. The first-order valence-electron chi connectivity index (χ1n) is 11.9. The largest absolute Gasteiger partial charge is 0.450 e. The summed E-state index contributed by atoms with van der Waals surface area (Å²) in [6, 6.07) is -0.887. The van der Waals surface area contributed by atoms with E-state index < -0.39 is 31.0 Å². The molecule has 3 unspecified atom stereocenters. The average molecular weight is 518 g/mol. The molecule has 2 saturated heterocycles. The van der Waals surface area contributed by atoms with Gasteiger partial charge in [-0.3, -0.25) is 15.1 Å². The molecule has 0 aromatic carbocycles. The summed E-state index contributed by atoms with van der Waals surface area (Å²) in [4.78, 5) is 37.7. The fraction of sp³-hybridized carbons (Fsp3) is 0.727. The van der Waals surface area contributed by atoms with Crippen LogP contribution in [-0.4, -0.2) is 98.0 Å². The van der Waals surface area contributed by atoms with Gasteiger partial charge in [0.15, 0.2) is 0 Å². The van der Waals surface area contributed by atoms with E-state index in [2.05, 4.69) is 20.9 Å². The first-order chi connectivity index (χ1) is 16.7. The molecule has 10 nitrogen and oxygen atoms in total. The van der Waals surface area contributed by atoms with Crippen LogP contribution in [0.1, 0.15) is 27.2 Å². The molecular formula is C22H34ClF2N7O3. The second-order valence-corrected chi connectivity index (χ2v) is 9.09. The number of fused-ring (bicyclic) bond motifs is 1. The highest BCUT2D eigenvalue weighted by Gasteiger charge is 2.41. The van der Waals surface area contributed by atoms with E-state index in [0.717, 1.165) is 5.03 Å². The average Bonchev–Trinajstić information content (AvgIpc) is 3.24. The van der Waals surface area contributed by atoms with Crippen molar-refractivity contribution in [3.05, 3.63) is 11.2 Å². The van der Waals surface area contributed by atoms with Gasteiger partial charge >= 0.3 is 6.09 Å². The molecule has 13 heteroatoms. The molecule has 2 amide bonds. The van der Waals surface area contributed by atoms with Crippen LogP contribution < -0.4 is 16.0 Å². The molecule has 4 atom stereocenters. The Labute approximate surface area is 209 Å². The van der Waals surface area contributed by atoms with Gasteiger partial charge in [-0.25, -0.2) is 18.6 Å². The van der Waals surface area contributed by atoms with Gasteiger partial charge in [0.05, 0.1) is 25.9 Å². The number of piperazine rings is 1. The number of ether oxygens (including phenoxy) is 1. The standard InChI is InChI=1S/C22H34ClF2N7O3/c1-4-26-20(16-10-28-19-15(16)8-14(23)9-27-19)30-13(3)32-7-6-31(22(34)35-5-2)12-17(32)21(33)29-11-18(24)25/h9,15-19,27-28H,4-8,10-12H2,1-3H3,(H,29,33)/t15?,16?,17-,19?/m0/s1. The highest BCUT2D eigenvalue weighted by Crippen LogP contribution is 2.33. The van der Waals surface area contributed by atoms with Gasteiger partial charge < -0.3 is 25.2 Å². The summed E-state index contributed by atoms with van der Waals surface area (Å²) in [5.41, 5.74) is 0. The molecule has 3 N–H and O–H groups in total. The van der Waals surface area contributed by atoms with Crippen molar-refractivity contribution >= 4 is 35.3 Å². The Bertz CT molecular complexity index is 870. The summed E-state index contributed by atoms with van der Waals surface area (Å²) in [6.45, 7) is 6.64. The molecule has 0 spiro atoms. The Morgan fingerprint density at radius 3 is 2.80 bits per heavy atom. The molecule has 0 saturated carbocycles. The third-order valence-electron chi connectivity index (χ3n) is 6.34. The second-order valence-electron chi connectivity index (χ2n) is 8.60. The second kappa shape index (κ2) is 12.5. The van der Waals surface area contributed by atoms with Crippen LogP contribution >= 0.6 is 11.6 Å². The van der Waals surface area contributed by atoms with Gasteiger partial charge in [-0.15, -0.1) is 0 Å². The van der Waals surface area contributed by atoms with E-state index in [1.165, 1.54) is 4.90 Å². The molecule has 35 heavy (non-hydrogen) atoms. The maximum absolute atomic E-state index is 12.8. The molecule has 2 fully saturated rings. The van der Waals surface area contributed by atoms with Crippen molar-refractivity contribution in [2.45, 2.75) is 45.8 Å². The Balaban J connectivity index is 1.82. The number of allylic oxidation sites excluding steroid dienone is 1. The summed E-state index contributed by atoms with van der Waals surface area (Å²) < 4.78 is 30.5. The lowest BCUT2D eigenvalue weighted by molar-refractivity contribution is -0.127. The van der Waals surface area contributed by atoms with Crippen molar-refractivity contribution in [2.75, 3.05) is 45.9 Å². The molecule has 0 aromatic rings. The van der Waals surface area contributed by atoms with E-state index >= 15 is 0 Å². The molecule has 0 radical (unpaired) electrons. The summed E-state index contributed by atoms with van der Waals surface area (Å²) >= 11 is 6.27. The quantitative estimate of drug-likeness (QED) is 0.364. The Kier molecular flexibility index (Phi) is 9.67. The summed E-state index contributed by atoms with van der Waals surface area (Å²) in [6.07, 6.45) is -0.650. The fourth-order valence-electron chi connectivity index (χ4n) is 4.68. The third-order valence-corrected chi connectivity index (χ3v) is 6.60. The number of rotatable bonds is 6. The number of carbonyl (C=O) groups excluding carboxylic acids is 2. The van der Waals surface area contributed by atoms with Gasteiger partial charge in [0.25, 0.3) is 6.43 Å². The van der Waals surface area contributed by atoms with E-state index in [-0.39, 0.29) is 31.2 Å². The van der Waals surface area contributed by atoms with E-state index in [1.807, 2.05) is 6.92 Å². The van der Waals surface area contributed by atoms with Crippen LogP contribution in [0.15, 0.2) is 21.2 Å². The molecule has 0 bridgehead atoms. The number of aliphatic imine (C=N–C) groups is 2. The monoisotopic (exact) mass is 517 g/mol. The number of amidine groups is 2. The first kappa shape index (κ1) is 27.1. The Morgan fingerprint density at radius 2 is 2.11 bits per heavy atom. The van der Waals surface area contributed by atoms with E-state index in [9.17, 15) is 18.4 Å². The fourth-order valence-corrected chi connectivity index (χ4v) is 4.92. The summed E-state index contributed by atoms with van der Waals surface area (Å²) in [7, 11) is 0. The molecule has 0 aromatic heterocycles. The topological polar surface area (TPSA) is 111 Å². The minimum absolute atomic E-state index is 0.00102. The van der Waals surface area contributed by atoms with Crippen molar-refractivity contribution in [3.8, 4) is 0 Å². The van der Waals surface area contributed by atoms with Crippen LogP contribution in [0, 0.1) is 11.8 Å². The number of halogens is 3. The summed E-state index contributed by atoms with van der Waals surface area (Å²) in [5.74, 6) is 0.764. The number of hydrogen-bond donors (Lipinski definition) is 3. The molecule has 3 rings (SSSR count). The van der Waals surface area contributed by atoms with E-state index in [1.54, 1.807) is 24.9 Å². The smallest absolute Gasteiger partial charge is 0.409 e. The van der Waals surface area contributed by atoms with Crippen LogP contribution in [0.3, 0.4) is 0 Å². The minimum Gasteiger partial charge on any atom is -0.450 e. The van der Waals surface area contributed by atoms with Gasteiger partial charge in [-0.2, -0.15) is 0 Å². The zero-order valence-electron chi connectivity index (χ0n) is 20.3. The Morgan fingerprint density at radius 1 is 1.34 bits per heavy atom. The van der Waals surface area contributed by atoms with Crippen LogP contribution in [-0.2, 0) is 9.53 Å². The third kappa shape index (κ3) is 6.81. The highest BCUT2D eigenvalue weighted by atomic mass is 35.5. The lowest BCUT2D eigenvalue weighted by atomic mass is 9.88. The lowest BCUT2D eigenvalue weighted by Crippen LogP contribution is -2.61. The number of carbonyl (C=O) groups is 2. The van der Waals surface area contributed by atoms with Crippen LogP contribution in [0.4, 0.5) is 13.6 Å². The van der Waals surface area contributed by atoms with Gasteiger partial charge in [-0.1, -0.05) is 11.6 Å². The van der Waals surface area contributed by atoms with E-state index in [4.69, 9.17) is 21.3 Å². The Hall–Kier alpha value is -2.47. The van der Waals surface area contributed by atoms with Gasteiger partial charge in [-0.05, 0) is 27.2 Å². The number of hydrogen-bond acceptors (Lipinski definition) is 6. The van der Waals surface area contributed by atoms with Crippen molar-refractivity contribution in [3.63, 3.8) is 0 Å². The zero-order chi connectivity index (χ0) is 25.5. The van der Waals surface area contributed by atoms with Crippen LogP contribution in [0.25, 0.3) is 0 Å². The molecule has 3 aliphatic heterocycles. The van der Waals surface area contributed by atoms with Crippen LogP contribution in [0.2, 0.25) is 0 Å². The molecule has 3 heterocycles. The zero-order valence-corrected chi connectivity index (χ0v) is 21.0. The van der Waals surface area contributed by atoms with E-state index in [0.29, 0.717) is 44.3 Å². The SMILES string of the molecule is CCN=C(N=C(C)N1CCN(C(=O)OCC)C[C@H]1C(=O)NCC(F)F)C1CNC2NC=C(Cl)CC21. The van der Waals surface area contributed by atoms with Gasteiger partial charge in [0.2, 0.25) is 5.91 Å². The first-order valence-corrected chi connectivity index (χ1v) is 12.3. The lowest BCUT2D eigenvalue weighted by Gasteiger charge is -2.41. The van der Waals surface area contributed by atoms with Gasteiger partial charge in [0.1, 0.15) is 17.7 Å². The number of nitrogens with zero attached hydrogens (tertiary/aromatic N) is 4. The van der Waals surface area contributed by atoms with Gasteiger partial charge in [0, 0.05) is 49.2 Å². The number of alkyl halides is 2. The molecule has 196 valence electrons. The maximum Gasteiger partial charge on any atom is 0.409 e. The number of amides is 2. The molecular weight excluding hydrogens is 484 g/mol. The van der Waals surface area contributed by atoms with Crippen LogP contribution in [0.5, 0.6) is 0 Å². The maximum atomic E-state index is 12.8. The summed E-state index contributed by atoms with van der Waals surface area (Å²) in [5, 5.41) is 9.71. The highest BCUT2D eigenvalue weighted by molar-refractivity contribution is 6.29. The normalized spacial score (nSPS) is 27.3. The predicted octanol–water partition coefficient (Wildman–Crippen LogP) is 1.58. The van der Waals surface area contributed by atoms with Crippen molar-refractivity contribution in [2.24, 2.45) is 21.8 Å².